The van der Waals surface area contributed by atoms with Gasteiger partial charge in [-0.15, -0.1) is 24.0 Å². The van der Waals surface area contributed by atoms with Gasteiger partial charge < -0.3 is 19.7 Å². The van der Waals surface area contributed by atoms with Crippen LogP contribution in [0.1, 0.15) is 60.8 Å². The van der Waals surface area contributed by atoms with Crippen LogP contribution in [0.15, 0.2) is 4.99 Å². The number of ether oxygens (including phenoxy) is 2. The van der Waals surface area contributed by atoms with Crippen molar-refractivity contribution in [2.24, 2.45) is 16.3 Å². The van der Waals surface area contributed by atoms with Crippen LogP contribution < -0.4 is 5.32 Å². The van der Waals surface area contributed by atoms with Crippen LogP contribution in [0.3, 0.4) is 0 Å². The van der Waals surface area contributed by atoms with Crippen LogP contribution in [0.25, 0.3) is 0 Å². The highest BCUT2D eigenvalue weighted by atomic mass is 127. The Kier molecular flexibility index (Phi) is 7.27. The number of nitrogens with one attached hydrogen (secondary N) is 1. The van der Waals surface area contributed by atoms with Gasteiger partial charge in [0.15, 0.2) is 5.96 Å². The molecule has 0 aromatic rings. The van der Waals surface area contributed by atoms with Gasteiger partial charge in [-0.1, -0.05) is 13.8 Å². The molecule has 1 N–H and O–H groups in total. The topological polar surface area (TPSA) is 46.1 Å². The summed E-state index contributed by atoms with van der Waals surface area (Å²) in [4.78, 5) is 7.22. The first-order valence-corrected chi connectivity index (χ1v) is 10.1. The largest absolute Gasteiger partial charge is 0.377 e. The molecule has 0 aromatic carbocycles. The Hall–Kier alpha value is -0.0800. The molecular formula is C20H38IN3O2. The number of halogens is 1. The lowest BCUT2D eigenvalue weighted by molar-refractivity contribution is -0.108. The predicted octanol–water partition coefficient (Wildman–Crippen LogP) is 3.66. The van der Waals surface area contributed by atoms with Crippen molar-refractivity contribution in [3.8, 4) is 0 Å². The third kappa shape index (κ3) is 4.66. The summed E-state index contributed by atoms with van der Waals surface area (Å²) in [6.45, 7) is 17.0. The van der Waals surface area contributed by atoms with Gasteiger partial charge in [-0.05, 0) is 47.0 Å². The summed E-state index contributed by atoms with van der Waals surface area (Å²) in [5.41, 5.74) is 0.127. The van der Waals surface area contributed by atoms with E-state index in [1.165, 1.54) is 6.42 Å². The Bertz CT molecular complexity index is 496. The molecule has 1 saturated carbocycles. The first-order chi connectivity index (χ1) is 11.7. The number of piperidine rings is 1. The highest BCUT2D eigenvalue weighted by Crippen LogP contribution is 2.52. The van der Waals surface area contributed by atoms with E-state index in [1.807, 2.05) is 0 Å². The van der Waals surface area contributed by atoms with Crippen LogP contribution in [0, 0.1) is 11.3 Å². The lowest BCUT2D eigenvalue weighted by atomic mass is 9.57. The molecular weight excluding hydrogens is 441 g/mol. The van der Waals surface area contributed by atoms with Crippen LogP contribution in [-0.2, 0) is 9.47 Å². The van der Waals surface area contributed by atoms with E-state index in [-0.39, 0.29) is 35.0 Å². The molecule has 3 aliphatic rings. The number of likely N-dealkylation sites (tertiary alicyclic amines) is 1. The fourth-order valence-electron chi connectivity index (χ4n) is 4.83. The van der Waals surface area contributed by atoms with Gasteiger partial charge in [0.2, 0.25) is 0 Å². The molecule has 3 fully saturated rings. The minimum atomic E-state index is -0.0567. The Morgan fingerprint density at radius 3 is 2.46 bits per heavy atom. The Morgan fingerprint density at radius 1 is 1.23 bits per heavy atom. The highest BCUT2D eigenvalue weighted by Gasteiger charge is 2.59. The van der Waals surface area contributed by atoms with E-state index in [9.17, 15) is 0 Å². The Balaban J connectivity index is 0.00000243. The fraction of sp³-hybridized carbons (Fsp3) is 0.950. The lowest BCUT2D eigenvalue weighted by Crippen LogP contribution is -2.68. The second-order valence-electron chi connectivity index (χ2n) is 9.40. The standard InChI is InChI=1S/C20H37N3O2.HI/c1-7-21-18(22-16-15-10-13-24-17(15)20(16,5)6)23-11-8-14(9-12-23)25-19(2,3)4;/h14-17H,7-13H2,1-6H3,(H,21,22);1H. The van der Waals surface area contributed by atoms with Gasteiger partial charge in [0.1, 0.15) is 0 Å². The van der Waals surface area contributed by atoms with Crippen LogP contribution in [0.5, 0.6) is 0 Å². The van der Waals surface area contributed by atoms with Crippen LogP contribution >= 0.6 is 24.0 Å². The quantitative estimate of drug-likeness (QED) is 0.381. The van der Waals surface area contributed by atoms with Gasteiger partial charge in [0.25, 0.3) is 0 Å². The van der Waals surface area contributed by atoms with Crippen LogP contribution in [0.2, 0.25) is 0 Å². The van der Waals surface area contributed by atoms with Crippen molar-refractivity contribution in [1.82, 2.24) is 10.2 Å². The SMILES string of the molecule is CCN=C(NC1C2CCOC2C1(C)C)N1CCC(OC(C)(C)C)CC1.I. The molecule has 2 aliphatic heterocycles. The predicted molar refractivity (Wildman–Crippen MR) is 117 cm³/mol. The fourth-order valence-corrected chi connectivity index (χ4v) is 4.83. The molecule has 0 amide bonds. The van der Waals surface area contributed by atoms with E-state index in [1.54, 1.807) is 0 Å². The highest BCUT2D eigenvalue weighted by molar-refractivity contribution is 14.0. The van der Waals surface area contributed by atoms with Crippen molar-refractivity contribution in [3.63, 3.8) is 0 Å². The molecule has 1 aliphatic carbocycles. The van der Waals surface area contributed by atoms with Crippen molar-refractivity contribution >= 4 is 29.9 Å². The number of guanidine groups is 1. The number of nitrogens with zero attached hydrogens (tertiary/aromatic N) is 2. The first kappa shape index (κ1) is 22.2. The number of fused-ring (bicyclic) bond motifs is 1. The van der Waals surface area contributed by atoms with Gasteiger partial charge in [0, 0.05) is 43.6 Å². The minimum Gasteiger partial charge on any atom is -0.377 e. The second kappa shape index (κ2) is 8.52. The van der Waals surface area contributed by atoms with E-state index < -0.39 is 0 Å². The summed E-state index contributed by atoms with van der Waals surface area (Å²) in [5, 5.41) is 3.80. The molecule has 3 rings (SSSR count). The summed E-state index contributed by atoms with van der Waals surface area (Å²) in [5.74, 6) is 1.72. The average molecular weight is 479 g/mol. The van der Waals surface area contributed by atoms with Crippen molar-refractivity contribution < 1.29 is 9.47 Å². The van der Waals surface area contributed by atoms with E-state index in [0.29, 0.717) is 24.2 Å². The first-order valence-electron chi connectivity index (χ1n) is 10.1. The molecule has 0 spiro atoms. The lowest BCUT2D eigenvalue weighted by Gasteiger charge is -2.55. The summed E-state index contributed by atoms with van der Waals surface area (Å²) >= 11 is 0. The smallest absolute Gasteiger partial charge is 0.194 e. The average Bonchev–Trinajstić information content (AvgIpc) is 2.97. The molecule has 0 radical (unpaired) electrons. The van der Waals surface area contributed by atoms with Crippen molar-refractivity contribution in [2.45, 2.75) is 84.7 Å². The Morgan fingerprint density at radius 2 is 1.88 bits per heavy atom. The zero-order chi connectivity index (χ0) is 18.2. The van der Waals surface area contributed by atoms with E-state index in [4.69, 9.17) is 14.5 Å². The van der Waals surface area contributed by atoms with Crippen molar-refractivity contribution in [3.05, 3.63) is 0 Å². The number of hydrogen-bond donors (Lipinski definition) is 1. The second-order valence-corrected chi connectivity index (χ2v) is 9.40. The van der Waals surface area contributed by atoms with Gasteiger partial charge >= 0.3 is 0 Å². The maximum Gasteiger partial charge on any atom is 0.194 e. The monoisotopic (exact) mass is 479 g/mol. The molecule has 3 unspecified atom stereocenters. The van der Waals surface area contributed by atoms with Crippen LogP contribution in [-0.4, -0.2) is 61.0 Å². The van der Waals surface area contributed by atoms with Crippen molar-refractivity contribution in [1.29, 1.82) is 0 Å². The maximum atomic E-state index is 6.17. The summed E-state index contributed by atoms with van der Waals surface area (Å²) in [6, 6.07) is 0.467. The minimum absolute atomic E-state index is 0. The van der Waals surface area contributed by atoms with Gasteiger partial charge in [-0.3, -0.25) is 4.99 Å². The van der Waals surface area contributed by atoms with Gasteiger partial charge in [-0.2, -0.15) is 0 Å². The van der Waals surface area contributed by atoms with Gasteiger partial charge in [0.05, 0.1) is 17.8 Å². The summed E-state index contributed by atoms with van der Waals surface area (Å²) in [6.07, 6.45) is 4.10. The zero-order valence-electron chi connectivity index (χ0n) is 17.4. The molecule has 26 heavy (non-hydrogen) atoms. The summed E-state index contributed by atoms with van der Waals surface area (Å²) in [7, 11) is 0. The molecule has 2 saturated heterocycles. The maximum absolute atomic E-state index is 6.17. The zero-order valence-corrected chi connectivity index (χ0v) is 19.7. The number of rotatable bonds is 3. The molecule has 152 valence electrons. The van der Waals surface area contributed by atoms with E-state index >= 15 is 0 Å². The number of aliphatic imine (C=N–C) groups is 1. The molecule has 0 bridgehead atoms. The molecule has 2 heterocycles. The van der Waals surface area contributed by atoms with Crippen LogP contribution in [0.4, 0.5) is 0 Å². The Labute approximate surface area is 176 Å². The number of hydrogen-bond acceptors (Lipinski definition) is 3. The van der Waals surface area contributed by atoms with Crippen molar-refractivity contribution in [2.75, 3.05) is 26.2 Å². The molecule has 5 nitrogen and oxygen atoms in total. The molecule has 3 atom stereocenters. The molecule has 0 aromatic heterocycles. The van der Waals surface area contributed by atoms with E-state index in [2.05, 4.69) is 51.8 Å². The van der Waals surface area contributed by atoms with E-state index in [0.717, 1.165) is 45.0 Å². The summed E-state index contributed by atoms with van der Waals surface area (Å²) < 4.78 is 12.1. The molecule has 6 heteroatoms. The van der Waals surface area contributed by atoms with Gasteiger partial charge in [-0.25, -0.2) is 0 Å². The normalized spacial score (nSPS) is 31.8. The third-order valence-corrected chi connectivity index (χ3v) is 5.95. The third-order valence-electron chi connectivity index (χ3n) is 5.95.